The van der Waals surface area contributed by atoms with Crippen LogP contribution in [0.3, 0.4) is 0 Å². The summed E-state index contributed by atoms with van der Waals surface area (Å²) in [5.41, 5.74) is 5.84. The first-order chi connectivity index (χ1) is 6.31. The molecule has 0 unspecified atom stereocenters. The van der Waals surface area contributed by atoms with Gasteiger partial charge in [0.05, 0.1) is 19.1 Å². The summed E-state index contributed by atoms with van der Waals surface area (Å²) >= 11 is 0. The maximum atomic E-state index is 5.84. The molecule has 0 aromatic carbocycles. The van der Waals surface area contributed by atoms with Crippen molar-refractivity contribution in [1.82, 2.24) is 15.2 Å². The number of nitrogens with two attached hydrogens (primary N) is 1. The average molecular weight is 255 g/mol. The predicted octanol–water partition coefficient (Wildman–Crippen LogP) is 0.652. The van der Waals surface area contributed by atoms with E-state index in [1.54, 1.807) is 0 Å². The Balaban J connectivity index is 0.000000980. The zero-order valence-corrected chi connectivity index (χ0v) is 10.1. The van der Waals surface area contributed by atoms with E-state index < -0.39 is 0 Å². The van der Waals surface area contributed by atoms with Crippen LogP contribution in [0.1, 0.15) is 24.5 Å². The number of nitrogens with one attached hydrogen (secondary N) is 1. The normalized spacial score (nSPS) is 24.4. The summed E-state index contributed by atoms with van der Waals surface area (Å²) in [6.07, 6.45) is 0.871. The molecule has 2 atom stereocenters. The molecule has 5 nitrogen and oxygen atoms in total. The molecule has 0 radical (unpaired) electrons. The maximum absolute atomic E-state index is 5.84. The molecule has 1 saturated heterocycles. The Bertz CT molecular complexity index is 294. The second-order valence-corrected chi connectivity index (χ2v) is 3.30. The zero-order valence-electron chi connectivity index (χ0n) is 8.47. The monoisotopic (exact) mass is 254 g/mol. The molecular weight excluding hydrogens is 239 g/mol. The Hall–Kier alpha value is -0.360. The summed E-state index contributed by atoms with van der Waals surface area (Å²) in [5.74, 6) is 1.87. The summed E-state index contributed by atoms with van der Waals surface area (Å²) in [7, 11) is 0. The highest BCUT2D eigenvalue weighted by atomic mass is 35.5. The topological polar surface area (TPSA) is 76.8 Å². The first kappa shape index (κ1) is 14.6. The van der Waals surface area contributed by atoms with Gasteiger partial charge in [0.1, 0.15) is 5.82 Å². The van der Waals surface area contributed by atoms with Crippen molar-refractivity contribution in [2.75, 3.05) is 13.2 Å². The van der Waals surface area contributed by atoms with Gasteiger partial charge < -0.3 is 10.5 Å². The highest BCUT2D eigenvalue weighted by molar-refractivity contribution is 5.85. The highest BCUT2D eigenvalue weighted by Crippen LogP contribution is 2.20. The third-order valence-electron chi connectivity index (χ3n) is 2.34. The van der Waals surface area contributed by atoms with E-state index in [1.807, 2.05) is 6.92 Å². The van der Waals surface area contributed by atoms with Crippen LogP contribution in [0.4, 0.5) is 0 Å². The molecule has 2 rings (SSSR count). The van der Waals surface area contributed by atoms with Crippen molar-refractivity contribution in [2.45, 2.75) is 25.3 Å². The van der Waals surface area contributed by atoms with Crippen molar-refractivity contribution in [3.05, 3.63) is 11.6 Å². The average Bonchev–Trinajstić information content (AvgIpc) is 2.71. The van der Waals surface area contributed by atoms with Crippen molar-refractivity contribution in [3.8, 4) is 0 Å². The summed E-state index contributed by atoms with van der Waals surface area (Å²) in [6.45, 7) is 3.29. The summed E-state index contributed by atoms with van der Waals surface area (Å²) < 4.78 is 5.25. The quantitative estimate of drug-likeness (QED) is 0.813. The molecule has 15 heavy (non-hydrogen) atoms. The van der Waals surface area contributed by atoms with Crippen molar-refractivity contribution >= 4 is 24.8 Å². The number of H-pyrrole nitrogens is 1. The van der Waals surface area contributed by atoms with Gasteiger partial charge in [0.15, 0.2) is 5.82 Å². The predicted molar refractivity (Wildman–Crippen MR) is 61.8 cm³/mol. The molecule has 1 aliphatic heterocycles. The lowest BCUT2D eigenvalue weighted by Gasteiger charge is -2.07. The van der Waals surface area contributed by atoms with E-state index in [0.717, 1.165) is 18.1 Å². The highest BCUT2D eigenvalue weighted by Gasteiger charge is 2.29. The van der Waals surface area contributed by atoms with Crippen molar-refractivity contribution in [1.29, 1.82) is 0 Å². The van der Waals surface area contributed by atoms with Gasteiger partial charge in [0.25, 0.3) is 0 Å². The van der Waals surface area contributed by atoms with E-state index in [1.165, 1.54) is 0 Å². The fourth-order valence-electron chi connectivity index (χ4n) is 1.47. The van der Waals surface area contributed by atoms with Gasteiger partial charge in [-0.05, 0) is 0 Å². The van der Waals surface area contributed by atoms with Crippen LogP contribution in [-0.2, 0) is 11.2 Å². The van der Waals surface area contributed by atoms with Gasteiger partial charge in [0, 0.05) is 12.5 Å². The van der Waals surface area contributed by atoms with E-state index in [2.05, 4.69) is 15.2 Å². The number of aromatic amines is 1. The van der Waals surface area contributed by atoms with Crippen molar-refractivity contribution in [2.24, 2.45) is 5.73 Å². The fourth-order valence-corrected chi connectivity index (χ4v) is 1.47. The van der Waals surface area contributed by atoms with Crippen LogP contribution < -0.4 is 5.73 Å². The van der Waals surface area contributed by atoms with Gasteiger partial charge in [-0.15, -0.1) is 24.8 Å². The van der Waals surface area contributed by atoms with Crippen LogP contribution in [0, 0.1) is 0 Å². The van der Waals surface area contributed by atoms with E-state index in [-0.39, 0.29) is 36.8 Å². The largest absolute Gasteiger partial charge is 0.379 e. The minimum Gasteiger partial charge on any atom is -0.379 e. The fraction of sp³-hybridized carbons (Fsp3) is 0.750. The lowest BCUT2D eigenvalue weighted by molar-refractivity contribution is 0.190. The van der Waals surface area contributed by atoms with Gasteiger partial charge in [-0.2, -0.15) is 5.10 Å². The smallest absolute Gasteiger partial charge is 0.157 e. The lowest BCUT2D eigenvalue weighted by atomic mass is 10.0. The van der Waals surface area contributed by atoms with Crippen LogP contribution in [-0.4, -0.2) is 34.4 Å². The standard InChI is InChI=1S/C8H14N4O.2ClH/c1-2-7-10-8(12-11-7)5-3-13-4-6(5)9;;/h5-6H,2-4,9H2,1H3,(H,10,11,12);2*1H/t5-,6+;;/m1../s1. The minimum atomic E-state index is 0. The van der Waals surface area contributed by atoms with Gasteiger partial charge >= 0.3 is 0 Å². The number of aryl methyl sites for hydroxylation is 1. The molecule has 0 spiro atoms. The third kappa shape index (κ3) is 3.04. The molecule has 1 fully saturated rings. The molecule has 1 aromatic heterocycles. The number of hydrogen-bond donors (Lipinski definition) is 2. The molecule has 88 valence electrons. The maximum Gasteiger partial charge on any atom is 0.157 e. The second kappa shape index (κ2) is 6.27. The van der Waals surface area contributed by atoms with Gasteiger partial charge in [0.2, 0.25) is 0 Å². The van der Waals surface area contributed by atoms with Gasteiger partial charge in [-0.25, -0.2) is 4.98 Å². The first-order valence-corrected chi connectivity index (χ1v) is 4.55. The Labute approximate surface area is 101 Å². The summed E-state index contributed by atoms with van der Waals surface area (Å²) in [6, 6.07) is 0.0421. The molecule has 1 aliphatic rings. The molecule has 1 aromatic rings. The molecule has 3 N–H and O–H groups in total. The molecule has 0 bridgehead atoms. The minimum absolute atomic E-state index is 0. The molecular formula is C8H16Cl2N4O. The Kier molecular flexibility index (Phi) is 6.12. The first-order valence-electron chi connectivity index (χ1n) is 4.55. The zero-order chi connectivity index (χ0) is 9.26. The lowest BCUT2D eigenvalue weighted by Crippen LogP contribution is -2.27. The Morgan fingerprint density at radius 2 is 2.20 bits per heavy atom. The van der Waals surface area contributed by atoms with Crippen LogP contribution in [0.15, 0.2) is 0 Å². The Morgan fingerprint density at radius 1 is 1.47 bits per heavy atom. The molecule has 0 saturated carbocycles. The van der Waals surface area contributed by atoms with Gasteiger partial charge in [-0.1, -0.05) is 6.92 Å². The van der Waals surface area contributed by atoms with E-state index in [9.17, 15) is 0 Å². The van der Waals surface area contributed by atoms with E-state index in [0.29, 0.717) is 13.2 Å². The van der Waals surface area contributed by atoms with Crippen LogP contribution in [0.2, 0.25) is 0 Å². The van der Waals surface area contributed by atoms with E-state index in [4.69, 9.17) is 10.5 Å². The van der Waals surface area contributed by atoms with Crippen molar-refractivity contribution < 1.29 is 4.74 Å². The molecule has 0 amide bonds. The number of aromatic nitrogens is 3. The van der Waals surface area contributed by atoms with Crippen LogP contribution in [0.25, 0.3) is 0 Å². The summed E-state index contributed by atoms with van der Waals surface area (Å²) in [5, 5.41) is 7.00. The number of hydrogen-bond acceptors (Lipinski definition) is 4. The Morgan fingerprint density at radius 3 is 2.67 bits per heavy atom. The van der Waals surface area contributed by atoms with Crippen molar-refractivity contribution in [3.63, 3.8) is 0 Å². The molecule has 0 aliphatic carbocycles. The van der Waals surface area contributed by atoms with Crippen LogP contribution >= 0.6 is 24.8 Å². The molecule has 7 heteroatoms. The summed E-state index contributed by atoms with van der Waals surface area (Å²) in [4.78, 5) is 4.33. The number of ether oxygens (including phenoxy) is 1. The number of rotatable bonds is 2. The number of halogens is 2. The SMILES string of the molecule is CCc1nc([C@@H]2COC[C@@H]2N)n[nH]1.Cl.Cl. The van der Waals surface area contributed by atoms with Crippen LogP contribution in [0.5, 0.6) is 0 Å². The number of nitrogens with zero attached hydrogens (tertiary/aromatic N) is 2. The third-order valence-corrected chi connectivity index (χ3v) is 2.34. The van der Waals surface area contributed by atoms with E-state index >= 15 is 0 Å². The second-order valence-electron chi connectivity index (χ2n) is 3.30. The van der Waals surface area contributed by atoms with Gasteiger partial charge in [-0.3, -0.25) is 5.10 Å². The molecule has 2 heterocycles.